The molecule has 286 valence electrons. The number of fused-ring (bicyclic) bond motifs is 2. The smallest absolute Gasteiger partial charge is 0.293 e. The number of ether oxygens (including phenoxy) is 3. The van der Waals surface area contributed by atoms with Crippen LogP contribution in [0.4, 0.5) is 17.1 Å². The number of rotatable bonds is 11. The Morgan fingerprint density at radius 1 is 1.00 bits per heavy atom. The number of nitro groups is 1. The average Bonchev–Trinajstić information content (AvgIpc) is 3.68. The Morgan fingerprint density at radius 3 is 2.64 bits per heavy atom. The van der Waals surface area contributed by atoms with E-state index in [-0.39, 0.29) is 29.0 Å². The fourth-order valence-corrected chi connectivity index (χ4v) is 8.44. The number of aromatic amines is 1. The van der Waals surface area contributed by atoms with Crippen molar-refractivity contribution in [3.8, 4) is 11.5 Å². The number of amides is 1. The minimum absolute atomic E-state index is 0.0414. The fourth-order valence-electron chi connectivity index (χ4n) is 7.46. The van der Waals surface area contributed by atoms with Crippen molar-refractivity contribution in [1.82, 2.24) is 19.6 Å². The molecule has 5 aromatic rings. The Labute approximate surface area is 317 Å². The van der Waals surface area contributed by atoms with Crippen LogP contribution in [-0.2, 0) is 26.1 Å². The number of carbonyl (C=O) groups is 1. The number of aromatic nitrogens is 2. The SMILES string of the molecule is O=C(NS(=O)(=O)c1ccc(NCC2CCOCC2)c([N+](=O)[O-])c1)c1ccc(N2CCN(C3COCc4ccccc43)CC2)cc1Oc1cnc2[nH]ccc2c1. The zero-order chi connectivity index (χ0) is 37.9. The van der Waals surface area contributed by atoms with Crippen molar-refractivity contribution in [3.63, 3.8) is 0 Å². The van der Waals surface area contributed by atoms with Crippen molar-refractivity contribution in [2.75, 3.05) is 62.8 Å². The number of hydrogen-bond donors (Lipinski definition) is 3. The molecule has 0 radical (unpaired) electrons. The highest BCUT2D eigenvalue weighted by molar-refractivity contribution is 7.90. The molecule has 2 aromatic heterocycles. The van der Waals surface area contributed by atoms with Gasteiger partial charge in [0.05, 0.1) is 40.8 Å². The summed E-state index contributed by atoms with van der Waals surface area (Å²) in [6.45, 7) is 5.95. The molecule has 55 heavy (non-hydrogen) atoms. The fraction of sp³-hybridized carbons (Fsp3) is 0.333. The van der Waals surface area contributed by atoms with E-state index in [1.165, 1.54) is 35.5 Å². The van der Waals surface area contributed by atoms with E-state index >= 15 is 0 Å². The van der Waals surface area contributed by atoms with Crippen molar-refractivity contribution >= 4 is 44.0 Å². The predicted octanol–water partition coefficient (Wildman–Crippen LogP) is 5.61. The van der Waals surface area contributed by atoms with Gasteiger partial charge in [-0.05, 0) is 66.3 Å². The van der Waals surface area contributed by atoms with Crippen LogP contribution in [-0.4, -0.2) is 86.7 Å². The number of hydrogen-bond acceptors (Lipinski definition) is 12. The van der Waals surface area contributed by atoms with E-state index in [1.54, 1.807) is 24.4 Å². The van der Waals surface area contributed by atoms with Gasteiger partial charge >= 0.3 is 0 Å². The second kappa shape index (κ2) is 15.7. The third-order valence-corrected chi connectivity index (χ3v) is 11.8. The van der Waals surface area contributed by atoms with Crippen molar-refractivity contribution in [1.29, 1.82) is 0 Å². The largest absolute Gasteiger partial charge is 0.455 e. The second-order valence-corrected chi connectivity index (χ2v) is 15.6. The molecule has 16 heteroatoms. The third kappa shape index (κ3) is 7.98. The highest BCUT2D eigenvalue weighted by atomic mass is 32.2. The van der Waals surface area contributed by atoms with Crippen molar-refractivity contribution in [2.24, 2.45) is 5.92 Å². The lowest BCUT2D eigenvalue weighted by Crippen LogP contribution is -2.49. The topological polar surface area (TPSA) is 181 Å². The van der Waals surface area contributed by atoms with Crippen LogP contribution in [0.2, 0.25) is 0 Å². The molecule has 0 saturated carbocycles. The number of benzene rings is 3. The molecule has 5 heterocycles. The molecule has 0 aliphatic carbocycles. The number of carbonyl (C=O) groups excluding carboxylic acids is 1. The van der Waals surface area contributed by atoms with Crippen LogP contribution in [0.3, 0.4) is 0 Å². The number of sulfonamides is 1. The van der Waals surface area contributed by atoms with Gasteiger partial charge in [-0.2, -0.15) is 0 Å². The lowest BCUT2D eigenvalue weighted by Gasteiger charge is -2.42. The van der Waals surface area contributed by atoms with Gasteiger partial charge in [0.25, 0.3) is 21.6 Å². The van der Waals surface area contributed by atoms with Gasteiger partial charge in [0.2, 0.25) is 0 Å². The number of piperazine rings is 1. The summed E-state index contributed by atoms with van der Waals surface area (Å²) in [5.74, 6) is -0.208. The van der Waals surface area contributed by atoms with E-state index in [2.05, 4.69) is 48.0 Å². The molecular formula is C39H41N7O8S. The second-order valence-electron chi connectivity index (χ2n) is 13.9. The molecular weight excluding hydrogens is 727 g/mol. The zero-order valence-electron chi connectivity index (χ0n) is 30.0. The maximum Gasteiger partial charge on any atom is 0.293 e. The number of pyridine rings is 1. The summed E-state index contributed by atoms with van der Waals surface area (Å²) in [4.78, 5) is 36.8. The maximum absolute atomic E-state index is 13.8. The van der Waals surface area contributed by atoms with Gasteiger partial charge in [0, 0.05) is 75.3 Å². The highest BCUT2D eigenvalue weighted by Gasteiger charge is 2.31. The van der Waals surface area contributed by atoms with Crippen LogP contribution in [0.25, 0.3) is 11.0 Å². The van der Waals surface area contributed by atoms with Crippen LogP contribution in [0.5, 0.6) is 11.5 Å². The first-order valence-corrected chi connectivity index (χ1v) is 19.8. The Morgan fingerprint density at radius 2 is 1.82 bits per heavy atom. The molecule has 1 unspecified atom stereocenters. The number of nitrogens with one attached hydrogen (secondary N) is 3. The van der Waals surface area contributed by atoms with Gasteiger partial charge in [-0.3, -0.25) is 19.8 Å². The number of nitrogens with zero attached hydrogens (tertiary/aromatic N) is 4. The summed E-state index contributed by atoms with van der Waals surface area (Å²) < 4.78 is 46.8. The molecule has 3 aliphatic heterocycles. The Kier molecular flexibility index (Phi) is 10.4. The summed E-state index contributed by atoms with van der Waals surface area (Å²) >= 11 is 0. The van der Waals surface area contributed by atoms with Crippen molar-refractivity contribution in [3.05, 3.63) is 112 Å². The molecule has 1 atom stereocenters. The standard InChI is InChI=1S/C39H41N7O8S/c47-39(43-55(50,51)31-6-8-34(35(21-31)46(48)49)41-22-26-10-17-52-18-11-26)33-7-5-29(20-37(33)54-30-19-27-9-12-40-38(27)42-23-30)44-13-15-45(16-14-44)36-25-53-24-28-3-1-2-4-32(28)36/h1-9,12,19-21,23,26,36,41H,10-11,13-18,22,24-25H2,(H,40,42)(H,43,47). The summed E-state index contributed by atoms with van der Waals surface area (Å²) in [5.41, 5.74) is 3.70. The lowest BCUT2D eigenvalue weighted by molar-refractivity contribution is -0.384. The van der Waals surface area contributed by atoms with Crippen molar-refractivity contribution in [2.45, 2.75) is 30.4 Å². The quantitative estimate of drug-likeness (QED) is 0.112. The minimum Gasteiger partial charge on any atom is -0.455 e. The van der Waals surface area contributed by atoms with E-state index < -0.39 is 31.4 Å². The molecule has 0 bridgehead atoms. The molecule has 15 nitrogen and oxygen atoms in total. The van der Waals surface area contributed by atoms with E-state index in [1.807, 2.05) is 12.1 Å². The maximum atomic E-state index is 13.8. The Hall–Kier alpha value is -5.55. The normalized spacial score (nSPS) is 18.1. The lowest BCUT2D eigenvalue weighted by atomic mass is 9.97. The van der Waals surface area contributed by atoms with Crippen LogP contribution >= 0.6 is 0 Å². The Balaban J connectivity index is 1.02. The molecule has 3 N–H and O–H groups in total. The number of H-pyrrole nitrogens is 1. The molecule has 8 rings (SSSR count). The molecule has 3 aromatic carbocycles. The number of anilines is 2. The average molecular weight is 768 g/mol. The van der Waals surface area contributed by atoms with Gasteiger partial charge in [-0.25, -0.2) is 18.1 Å². The van der Waals surface area contributed by atoms with Gasteiger partial charge in [-0.1, -0.05) is 24.3 Å². The van der Waals surface area contributed by atoms with E-state index in [0.717, 1.165) is 43.1 Å². The predicted molar refractivity (Wildman–Crippen MR) is 205 cm³/mol. The minimum atomic E-state index is -4.54. The highest BCUT2D eigenvalue weighted by Crippen LogP contribution is 2.35. The first-order valence-electron chi connectivity index (χ1n) is 18.3. The summed E-state index contributed by atoms with van der Waals surface area (Å²) in [6.07, 6.45) is 4.92. The molecule has 3 aliphatic rings. The van der Waals surface area contributed by atoms with Crippen LogP contribution in [0, 0.1) is 16.0 Å². The van der Waals surface area contributed by atoms with Crippen molar-refractivity contribution < 1.29 is 32.3 Å². The van der Waals surface area contributed by atoms with E-state index in [4.69, 9.17) is 14.2 Å². The van der Waals surface area contributed by atoms with Gasteiger partial charge in [0.15, 0.2) is 0 Å². The Bertz CT molecular complexity index is 2320. The summed E-state index contributed by atoms with van der Waals surface area (Å²) in [5, 5.41) is 15.9. The first-order chi connectivity index (χ1) is 26.7. The monoisotopic (exact) mass is 767 g/mol. The van der Waals surface area contributed by atoms with Crippen LogP contribution < -0.4 is 19.7 Å². The van der Waals surface area contributed by atoms with E-state index in [0.29, 0.717) is 57.5 Å². The number of nitro benzene ring substituents is 1. The zero-order valence-corrected chi connectivity index (χ0v) is 30.8. The van der Waals surface area contributed by atoms with Crippen LogP contribution in [0.1, 0.15) is 40.4 Å². The molecule has 2 saturated heterocycles. The van der Waals surface area contributed by atoms with Gasteiger partial charge in [-0.15, -0.1) is 0 Å². The first kappa shape index (κ1) is 36.4. The third-order valence-electron chi connectivity index (χ3n) is 10.5. The molecule has 1 amide bonds. The summed E-state index contributed by atoms with van der Waals surface area (Å²) in [7, 11) is -4.54. The molecule has 2 fully saturated rings. The van der Waals surface area contributed by atoms with E-state index in [9.17, 15) is 23.3 Å². The van der Waals surface area contributed by atoms with Gasteiger partial charge < -0.3 is 29.4 Å². The molecule has 0 spiro atoms. The summed E-state index contributed by atoms with van der Waals surface area (Å²) in [6, 6.07) is 20.7. The van der Waals surface area contributed by atoms with Crippen LogP contribution in [0.15, 0.2) is 90.1 Å². The van der Waals surface area contributed by atoms with Gasteiger partial charge in [0.1, 0.15) is 22.8 Å².